The third-order valence-electron chi connectivity index (χ3n) is 3.69. The minimum Gasteiger partial charge on any atom is -0.461 e. The van der Waals surface area contributed by atoms with Crippen LogP contribution in [0.2, 0.25) is 0 Å². The van der Waals surface area contributed by atoms with E-state index in [-0.39, 0.29) is 6.04 Å². The Kier molecular flexibility index (Phi) is 3.51. The number of thiophene rings is 1. The lowest BCUT2D eigenvalue weighted by Crippen LogP contribution is -2.06. The van der Waals surface area contributed by atoms with Crippen molar-refractivity contribution in [2.45, 2.75) is 13.0 Å². The van der Waals surface area contributed by atoms with Crippen LogP contribution in [-0.2, 0) is 0 Å². The Morgan fingerprint density at radius 3 is 2.70 bits per heavy atom. The summed E-state index contributed by atoms with van der Waals surface area (Å²) in [6.07, 6.45) is 8.97. The molecule has 23 heavy (non-hydrogen) atoms. The highest BCUT2D eigenvalue weighted by Crippen LogP contribution is 2.27. The first-order valence-electron chi connectivity index (χ1n) is 7.25. The average Bonchev–Trinajstić information content (AvgIpc) is 3.36. The Bertz CT molecular complexity index is 879. The van der Waals surface area contributed by atoms with Gasteiger partial charge in [-0.15, -0.1) is 11.3 Å². The Labute approximate surface area is 137 Å². The summed E-state index contributed by atoms with van der Waals surface area (Å²) in [5.41, 5.74) is 0.883. The van der Waals surface area contributed by atoms with Crippen molar-refractivity contribution in [2.75, 3.05) is 0 Å². The zero-order valence-corrected chi connectivity index (χ0v) is 13.3. The van der Waals surface area contributed by atoms with E-state index in [2.05, 4.69) is 44.0 Å². The summed E-state index contributed by atoms with van der Waals surface area (Å²) < 4.78 is 7.45. The van der Waals surface area contributed by atoms with Crippen LogP contribution in [0.5, 0.6) is 0 Å². The lowest BCUT2D eigenvalue weighted by atomic mass is 10.2. The second-order valence-electron chi connectivity index (χ2n) is 5.12. The van der Waals surface area contributed by atoms with Crippen LogP contribution < -0.4 is 0 Å². The number of hydrogen-bond donors (Lipinski definition) is 0. The van der Waals surface area contributed by atoms with Crippen LogP contribution in [0.3, 0.4) is 0 Å². The summed E-state index contributed by atoms with van der Waals surface area (Å²) in [6, 6.07) is 8.08. The summed E-state index contributed by atoms with van der Waals surface area (Å²) in [5.74, 6) is 2.09. The summed E-state index contributed by atoms with van der Waals surface area (Å²) in [6.45, 7) is 2.16. The number of hydrogen-bond acceptors (Lipinski definition) is 5. The van der Waals surface area contributed by atoms with Crippen molar-refractivity contribution in [3.05, 3.63) is 65.6 Å². The van der Waals surface area contributed by atoms with Gasteiger partial charge in [-0.2, -0.15) is 0 Å². The maximum absolute atomic E-state index is 5.32. The van der Waals surface area contributed by atoms with Crippen LogP contribution in [0.15, 0.2) is 65.1 Å². The lowest BCUT2D eigenvalue weighted by molar-refractivity contribution is 0.577. The second kappa shape index (κ2) is 5.81. The maximum Gasteiger partial charge on any atom is 0.195 e. The number of furan rings is 1. The molecule has 0 amide bonds. The van der Waals surface area contributed by atoms with E-state index >= 15 is 0 Å². The highest BCUT2D eigenvalue weighted by molar-refractivity contribution is 7.10. The Balaban J connectivity index is 1.68. The van der Waals surface area contributed by atoms with E-state index in [1.54, 1.807) is 36.2 Å². The van der Waals surface area contributed by atoms with Gasteiger partial charge in [0.1, 0.15) is 5.82 Å². The quantitative estimate of drug-likeness (QED) is 0.563. The molecule has 0 aliphatic carbocycles. The van der Waals surface area contributed by atoms with E-state index in [1.165, 1.54) is 4.88 Å². The van der Waals surface area contributed by atoms with Crippen LogP contribution in [0.4, 0.5) is 0 Å². The van der Waals surface area contributed by atoms with Crippen molar-refractivity contribution in [1.82, 2.24) is 19.5 Å². The molecule has 6 heteroatoms. The zero-order chi connectivity index (χ0) is 15.6. The molecule has 0 spiro atoms. The molecule has 0 radical (unpaired) electrons. The van der Waals surface area contributed by atoms with Crippen LogP contribution in [0.25, 0.3) is 23.0 Å². The third-order valence-corrected chi connectivity index (χ3v) is 4.74. The zero-order valence-electron chi connectivity index (χ0n) is 12.5. The van der Waals surface area contributed by atoms with Crippen LogP contribution in [-0.4, -0.2) is 19.5 Å². The summed E-state index contributed by atoms with van der Waals surface area (Å²) >= 11 is 1.74. The lowest BCUT2D eigenvalue weighted by Gasteiger charge is -2.14. The minimum atomic E-state index is 0.220. The van der Waals surface area contributed by atoms with E-state index in [4.69, 9.17) is 4.42 Å². The molecule has 0 aromatic carbocycles. The Morgan fingerprint density at radius 1 is 1.13 bits per heavy atom. The molecule has 4 rings (SSSR count). The third kappa shape index (κ3) is 2.57. The van der Waals surface area contributed by atoms with E-state index < -0.39 is 0 Å². The molecule has 4 aromatic heterocycles. The van der Waals surface area contributed by atoms with Gasteiger partial charge in [0.05, 0.1) is 17.9 Å². The standard InChI is InChI=1S/C17H14N4OS/c1-12(15-5-3-9-23-15)21-7-6-18-17(21)13-10-19-16(20-11-13)14-4-2-8-22-14/h2-12H,1H3/t12-/m1/s1. The van der Waals surface area contributed by atoms with Gasteiger partial charge in [-0.1, -0.05) is 6.07 Å². The number of nitrogens with zero attached hydrogens (tertiary/aromatic N) is 4. The Hall–Kier alpha value is -2.73. The fourth-order valence-electron chi connectivity index (χ4n) is 2.49. The first-order chi connectivity index (χ1) is 11.3. The first-order valence-corrected chi connectivity index (χ1v) is 8.13. The summed E-state index contributed by atoms with van der Waals surface area (Å²) in [7, 11) is 0. The molecule has 0 fully saturated rings. The van der Waals surface area contributed by atoms with Crippen molar-refractivity contribution in [3.63, 3.8) is 0 Å². The monoisotopic (exact) mass is 322 g/mol. The molecule has 0 aliphatic rings. The number of aromatic nitrogens is 4. The fourth-order valence-corrected chi connectivity index (χ4v) is 3.27. The molecule has 5 nitrogen and oxygen atoms in total. The molecular weight excluding hydrogens is 308 g/mol. The normalized spacial score (nSPS) is 12.4. The van der Waals surface area contributed by atoms with E-state index in [1.807, 2.05) is 18.3 Å². The summed E-state index contributed by atoms with van der Waals surface area (Å²) in [5, 5.41) is 2.09. The van der Waals surface area contributed by atoms with Crippen molar-refractivity contribution < 1.29 is 4.42 Å². The van der Waals surface area contributed by atoms with Gasteiger partial charge < -0.3 is 8.98 Å². The van der Waals surface area contributed by atoms with Crippen LogP contribution >= 0.6 is 11.3 Å². The van der Waals surface area contributed by atoms with Gasteiger partial charge in [0, 0.05) is 29.7 Å². The highest BCUT2D eigenvalue weighted by Gasteiger charge is 2.15. The van der Waals surface area contributed by atoms with Crippen molar-refractivity contribution in [2.24, 2.45) is 0 Å². The second-order valence-corrected chi connectivity index (χ2v) is 6.10. The molecule has 0 aliphatic heterocycles. The Morgan fingerprint density at radius 2 is 2.00 bits per heavy atom. The predicted octanol–water partition coefficient (Wildman–Crippen LogP) is 4.27. The topological polar surface area (TPSA) is 56.7 Å². The number of imidazole rings is 1. The van der Waals surface area contributed by atoms with Gasteiger partial charge in [-0.3, -0.25) is 0 Å². The molecular formula is C17H14N4OS. The summed E-state index contributed by atoms with van der Waals surface area (Å²) in [4.78, 5) is 14.5. The van der Waals surface area contributed by atoms with E-state index in [9.17, 15) is 0 Å². The van der Waals surface area contributed by atoms with Gasteiger partial charge in [-0.05, 0) is 30.5 Å². The maximum atomic E-state index is 5.32. The molecule has 0 bridgehead atoms. The van der Waals surface area contributed by atoms with Gasteiger partial charge in [0.2, 0.25) is 0 Å². The van der Waals surface area contributed by atoms with Gasteiger partial charge >= 0.3 is 0 Å². The molecule has 0 N–H and O–H groups in total. The van der Waals surface area contributed by atoms with Crippen molar-refractivity contribution >= 4 is 11.3 Å². The smallest absolute Gasteiger partial charge is 0.195 e. The molecule has 0 saturated heterocycles. The highest BCUT2D eigenvalue weighted by atomic mass is 32.1. The van der Waals surface area contributed by atoms with Gasteiger partial charge in [0.25, 0.3) is 0 Å². The molecule has 4 aromatic rings. The molecule has 4 heterocycles. The van der Waals surface area contributed by atoms with E-state index in [0.717, 1.165) is 11.4 Å². The number of rotatable bonds is 4. The van der Waals surface area contributed by atoms with E-state index in [0.29, 0.717) is 11.6 Å². The predicted molar refractivity (Wildman–Crippen MR) is 89.1 cm³/mol. The molecule has 1 atom stereocenters. The molecule has 0 unspecified atom stereocenters. The molecule has 0 saturated carbocycles. The first kappa shape index (κ1) is 13.9. The van der Waals surface area contributed by atoms with Crippen molar-refractivity contribution in [1.29, 1.82) is 0 Å². The minimum absolute atomic E-state index is 0.220. The van der Waals surface area contributed by atoms with Crippen molar-refractivity contribution in [3.8, 4) is 23.0 Å². The van der Waals surface area contributed by atoms with Crippen LogP contribution in [0, 0.1) is 0 Å². The van der Waals surface area contributed by atoms with Crippen LogP contribution in [0.1, 0.15) is 17.8 Å². The average molecular weight is 322 g/mol. The van der Waals surface area contributed by atoms with Gasteiger partial charge in [-0.25, -0.2) is 15.0 Å². The van der Waals surface area contributed by atoms with Gasteiger partial charge in [0.15, 0.2) is 11.6 Å². The fraction of sp³-hybridized carbons (Fsp3) is 0.118. The molecule has 114 valence electrons. The largest absolute Gasteiger partial charge is 0.461 e. The SMILES string of the molecule is C[C@H](c1cccs1)n1ccnc1-c1cnc(-c2ccco2)nc1.